The van der Waals surface area contributed by atoms with Gasteiger partial charge in [-0.05, 0) is 64.1 Å². The van der Waals surface area contributed by atoms with Gasteiger partial charge in [0.05, 0.1) is 6.21 Å². The Kier molecular flexibility index (Phi) is 6.64. The third-order valence-electron chi connectivity index (χ3n) is 2.94. The maximum absolute atomic E-state index is 12.1. The van der Waals surface area contributed by atoms with E-state index in [1.54, 1.807) is 30.5 Å². The molecular formula is C17H14IN3O3. The molecule has 2 rings (SSSR count). The maximum Gasteiger partial charge on any atom is 0.271 e. The summed E-state index contributed by atoms with van der Waals surface area (Å²) in [7, 11) is 0. The Morgan fingerprint density at radius 3 is 2.54 bits per heavy atom. The molecule has 0 aliphatic rings. The van der Waals surface area contributed by atoms with Crippen LogP contribution in [0.2, 0.25) is 0 Å². The van der Waals surface area contributed by atoms with Gasteiger partial charge in [-0.1, -0.05) is 24.3 Å². The molecule has 0 aromatic heterocycles. The predicted octanol–water partition coefficient (Wildman–Crippen LogP) is 2.57. The molecule has 0 heterocycles. The number of hydrogen-bond donors (Lipinski definition) is 3. The number of carbonyl (C=O) groups excluding carboxylic acids is 2. The Bertz CT molecular complexity index is 786. The van der Waals surface area contributed by atoms with Crippen molar-refractivity contribution >= 4 is 46.7 Å². The number of hydrogen-bond acceptors (Lipinski definition) is 4. The van der Waals surface area contributed by atoms with E-state index in [9.17, 15) is 9.59 Å². The van der Waals surface area contributed by atoms with Crippen molar-refractivity contribution in [3.05, 3.63) is 74.9 Å². The number of carbonyl (C=O) groups is 2. The van der Waals surface area contributed by atoms with E-state index in [0.29, 0.717) is 11.1 Å². The molecule has 0 bridgehead atoms. The van der Waals surface area contributed by atoms with Crippen molar-refractivity contribution in [2.75, 3.05) is 0 Å². The zero-order valence-corrected chi connectivity index (χ0v) is 14.6. The number of nitrogens with zero attached hydrogens (tertiary/aromatic N) is 1. The second-order valence-corrected chi connectivity index (χ2v) is 5.93. The molecule has 0 aliphatic heterocycles. The SMILES string of the molecule is O=C(/C=C/c1cccc(C(=O)N/N=C\c2ccc(I)cc2)c1)NO. The van der Waals surface area contributed by atoms with E-state index in [2.05, 4.69) is 33.1 Å². The van der Waals surface area contributed by atoms with Gasteiger partial charge in [0.15, 0.2) is 0 Å². The first-order valence-electron chi connectivity index (χ1n) is 6.89. The molecule has 0 saturated heterocycles. The molecule has 3 N–H and O–H groups in total. The van der Waals surface area contributed by atoms with Crippen LogP contribution in [0.3, 0.4) is 0 Å². The number of benzene rings is 2. The highest BCUT2D eigenvalue weighted by molar-refractivity contribution is 14.1. The highest BCUT2D eigenvalue weighted by atomic mass is 127. The summed E-state index contributed by atoms with van der Waals surface area (Å²) in [6.45, 7) is 0. The molecule has 7 heteroatoms. The first-order chi connectivity index (χ1) is 11.6. The lowest BCUT2D eigenvalue weighted by atomic mass is 10.1. The van der Waals surface area contributed by atoms with E-state index in [-0.39, 0.29) is 5.91 Å². The minimum Gasteiger partial charge on any atom is -0.288 e. The summed E-state index contributed by atoms with van der Waals surface area (Å²) in [5, 5.41) is 12.4. The Labute approximate surface area is 152 Å². The summed E-state index contributed by atoms with van der Waals surface area (Å²) in [6.07, 6.45) is 4.20. The quantitative estimate of drug-likeness (QED) is 0.222. The molecule has 6 nitrogen and oxygen atoms in total. The van der Waals surface area contributed by atoms with Gasteiger partial charge < -0.3 is 0 Å². The van der Waals surface area contributed by atoms with Gasteiger partial charge in [-0.15, -0.1) is 0 Å². The normalized spacial score (nSPS) is 10.9. The summed E-state index contributed by atoms with van der Waals surface area (Å²) in [4.78, 5) is 23.0. The average molecular weight is 435 g/mol. The molecule has 0 unspecified atom stereocenters. The van der Waals surface area contributed by atoms with Crippen molar-refractivity contribution in [1.82, 2.24) is 10.9 Å². The Balaban J connectivity index is 2.00. The average Bonchev–Trinajstić information content (AvgIpc) is 2.61. The van der Waals surface area contributed by atoms with Crippen molar-refractivity contribution in [3.8, 4) is 0 Å². The van der Waals surface area contributed by atoms with Crippen LogP contribution in [0, 0.1) is 3.57 Å². The van der Waals surface area contributed by atoms with Crippen LogP contribution in [-0.2, 0) is 4.79 Å². The fourth-order valence-electron chi connectivity index (χ4n) is 1.77. The molecule has 0 radical (unpaired) electrons. The molecule has 2 aromatic carbocycles. The lowest BCUT2D eigenvalue weighted by molar-refractivity contribution is -0.124. The van der Waals surface area contributed by atoms with E-state index in [1.807, 2.05) is 24.3 Å². The van der Waals surface area contributed by atoms with Crippen LogP contribution in [0.4, 0.5) is 0 Å². The van der Waals surface area contributed by atoms with Gasteiger partial charge in [-0.25, -0.2) is 10.9 Å². The van der Waals surface area contributed by atoms with Gasteiger partial charge in [0.25, 0.3) is 11.8 Å². The van der Waals surface area contributed by atoms with Gasteiger partial charge in [-0.2, -0.15) is 5.10 Å². The molecule has 0 aliphatic carbocycles. The first kappa shape index (κ1) is 17.8. The molecule has 122 valence electrons. The van der Waals surface area contributed by atoms with Gasteiger partial charge in [0, 0.05) is 15.2 Å². The number of hydrazone groups is 1. The topological polar surface area (TPSA) is 90.8 Å². The van der Waals surface area contributed by atoms with Crippen LogP contribution >= 0.6 is 22.6 Å². The molecule has 2 amide bonds. The highest BCUT2D eigenvalue weighted by Gasteiger charge is 2.04. The highest BCUT2D eigenvalue weighted by Crippen LogP contribution is 2.08. The monoisotopic (exact) mass is 435 g/mol. The number of hydroxylamine groups is 1. The van der Waals surface area contributed by atoms with E-state index >= 15 is 0 Å². The predicted molar refractivity (Wildman–Crippen MR) is 99.6 cm³/mol. The number of halogens is 1. The maximum atomic E-state index is 12.1. The third kappa shape index (κ3) is 5.60. The summed E-state index contributed by atoms with van der Waals surface area (Å²) in [6, 6.07) is 14.4. The van der Waals surface area contributed by atoms with Gasteiger partial charge in [-0.3, -0.25) is 14.8 Å². The molecule has 2 aromatic rings. The fourth-order valence-corrected chi connectivity index (χ4v) is 2.13. The summed E-state index contributed by atoms with van der Waals surface area (Å²) < 4.78 is 1.12. The van der Waals surface area contributed by atoms with Crippen LogP contribution in [0.1, 0.15) is 21.5 Å². The van der Waals surface area contributed by atoms with E-state index in [4.69, 9.17) is 5.21 Å². The fraction of sp³-hybridized carbons (Fsp3) is 0. The molecule has 0 saturated carbocycles. The summed E-state index contributed by atoms with van der Waals surface area (Å²) >= 11 is 2.21. The van der Waals surface area contributed by atoms with Crippen molar-refractivity contribution < 1.29 is 14.8 Å². The van der Waals surface area contributed by atoms with Gasteiger partial charge in [0.2, 0.25) is 0 Å². The third-order valence-corrected chi connectivity index (χ3v) is 3.66. The van der Waals surface area contributed by atoms with Crippen LogP contribution in [0.5, 0.6) is 0 Å². The minimum absolute atomic E-state index is 0.362. The van der Waals surface area contributed by atoms with E-state index in [0.717, 1.165) is 15.2 Å². The number of amides is 2. The number of nitrogens with one attached hydrogen (secondary N) is 2. The van der Waals surface area contributed by atoms with E-state index < -0.39 is 5.91 Å². The summed E-state index contributed by atoms with van der Waals surface area (Å²) in [5.74, 6) is -1.01. The lowest BCUT2D eigenvalue weighted by Crippen LogP contribution is -2.17. The van der Waals surface area contributed by atoms with Crippen LogP contribution < -0.4 is 10.9 Å². The smallest absolute Gasteiger partial charge is 0.271 e. The van der Waals surface area contributed by atoms with Crippen LogP contribution in [-0.4, -0.2) is 23.2 Å². The molecule has 0 atom stereocenters. The Morgan fingerprint density at radius 2 is 1.83 bits per heavy atom. The molecule has 0 fully saturated rings. The van der Waals surface area contributed by atoms with Crippen LogP contribution in [0.15, 0.2) is 59.7 Å². The van der Waals surface area contributed by atoms with Crippen LogP contribution in [0.25, 0.3) is 6.08 Å². The molecule has 24 heavy (non-hydrogen) atoms. The Hall–Kier alpha value is -2.52. The first-order valence-corrected chi connectivity index (χ1v) is 7.97. The zero-order valence-electron chi connectivity index (χ0n) is 12.4. The standard InChI is InChI=1S/C17H14IN3O3/c18-15-7-4-13(5-8-15)11-19-20-17(23)14-3-1-2-12(10-14)6-9-16(22)21-24/h1-11,24H,(H,20,23)(H,21,22)/b9-6+,19-11-. The van der Waals surface area contributed by atoms with Crippen molar-refractivity contribution in [2.24, 2.45) is 5.10 Å². The Morgan fingerprint density at radius 1 is 1.08 bits per heavy atom. The second kappa shape index (κ2) is 8.94. The minimum atomic E-state index is -0.646. The molecular weight excluding hydrogens is 421 g/mol. The second-order valence-electron chi connectivity index (χ2n) is 4.69. The molecule has 0 spiro atoms. The van der Waals surface area contributed by atoms with E-state index in [1.165, 1.54) is 11.6 Å². The summed E-state index contributed by atoms with van der Waals surface area (Å²) in [5.41, 5.74) is 5.87. The lowest BCUT2D eigenvalue weighted by Gasteiger charge is -2.01. The van der Waals surface area contributed by atoms with Gasteiger partial charge >= 0.3 is 0 Å². The van der Waals surface area contributed by atoms with Crippen molar-refractivity contribution in [1.29, 1.82) is 0 Å². The largest absolute Gasteiger partial charge is 0.288 e. The van der Waals surface area contributed by atoms with Gasteiger partial charge in [0.1, 0.15) is 0 Å². The van der Waals surface area contributed by atoms with Crippen molar-refractivity contribution in [3.63, 3.8) is 0 Å². The number of rotatable bonds is 5. The van der Waals surface area contributed by atoms with Crippen molar-refractivity contribution in [2.45, 2.75) is 0 Å². The zero-order chi connectivity index (χ0) is 17.4.